The van der Waals surface area contributed by atoms with Gasteiger partial charge >= 0.3 is 5.97 Å². The Morgan fingerprint density at radius 3 is 2.86 bits per heavy atom. The molecule has 0 N–H and O–H groups in total. The van der Waals surface area contributed by atoms with Crippen molar-refractivity contribution in [2.24, 2.45) is 0 Å². The predicted molar refractivity (Wildman–Crippen MR) is 57.6 cm³/mol. The summed E-state index contributed by atoms with van der Waals surface area (Å²) in [6.45, 7) is 1.81. The predicted octanol–water partition coefficient (Wildman–Crippen LogP) is 2.42. The molecule has 0 radical (unpaired) electrons. The Balaban J connectivity index is 2.94. The van der Waals surface area contributed by atoms with E-state index in [1.54, 1.807) is 0 Å². The number of methoxy groups -OCH3 is 1. The van der Waals surface area contributed by atoms with E-state index >= 15 is 0 Å². The van der Waals surface area contributed by atoms with Crippen LogP contribution in [0, 0.1) is 0 Å². The van der Waals surface area contributed by atoms with Gasteiger partial charge in [0.15, 0.2) is 0 Å². The first-order valence-electron chi connectivity index (χ1n) is 4.02. The fourth-order valence-corrected chi connectivity index (χ4v) is 1.28. The van der Waals surface area contributed by atoms with Gasteiger partial charge in [0.25, 0.3) is 0 Å². The third-order valence-corrected chi connectivity index (χ3v) is 2.10. The van der Waals surface area contributed by atoms with Crippen molar-refractivity contribution < 1.29 is 9.53 Å². The molecule has 0 aliphatic rings. The molecule has 3 nitrogen and oxygen atoms in total. The first kappa shape index (κ1) is 10.9. The summed E-state index contributed by atoms with van der Waals surface area (Å²) in [6.07, 6.45) is 1.41. The highest BCUT2D eigenvalue weighted by Gasteiger charge is 2.01. The Morgan fingerprint density at radius 2 is 2.29 bits per heavy atom. The summed E-state index contributed by atoms with van der Waals surface area (Å²) >= 11 is 3.26. The Morgan fingerprint density at radius 1 is 1.57 bits per heavy atom. The molecule has 1 aromatic heterocycles. The summed E-state index contributed by atoms with van der Waals surface area (Å²) in [4.78, 5) is 15.1. The largest absolute Gasteiger partial charge is 0.466 e. The summed E-state index contributed by atoms with van der Waals surface area (Å²) in [5.74, 6) is -0.371. The van der Waals surface area contributed by atoms with Crippen molar-refractivity contribution in [3.63, 3.8) is 0 Å². The maximum atomic E-state index is 10.9. The van der Waals surface area contributed by atoms with E-state index in [1.807, 2.05) is 25.1 Å². The van der Waals surface area contributed by atoms with Gasteiger partial charge in [-0.25, -0.2) is 9.78 Å². The van der Waals surface area contributed by atoms with Gasteiger partial charge in [0.05, 0.1) is 12.8 Å². The molecule has 14 heavy (non-hydrogen) atoms. The molecule has 74 valence electrons. The zero-order valence-corrected chi connectivity index (χ0v) is 9.54. The number of hydrogen-bond donors (Lipinski definition) is 0. The molecule has 1 heterocycles. The number of hydrogen-bond acceptors (Lipinski definition) is 3. The third kappa shape index (κ3) is 2.96. The highest BCUT2D eigenvalue weighted by molar-refractivity contribution is 9.10. The molecule has 0 aliphatic carbocycles. The van der Waals surface area contributed by atoms with Gasteiger partial charge in [0.1, 0.15) is 4.60 Å². The molecule has 0 amide bonds. The zero-order valence-electron chi connectivity index (χ0n) is 7.95. The smallest absolute Gasteiger partial charge is 0.330 e. The number of aromatic nitrogens is 1. The maximum Gasteiger partial charge on any atom is 0.330 e. The number of carbonyl (C=O) groups is 1. The van der Waals surface area contributed by atoms with Crippen molar-refractivity contribution in [3.8, 4) is 0 Å². The molecule has 0 atom stereocenters. The Labute approximate surface area is 90.9 Å². The van der Waals surface area contributed by atoms with Gasteiger partial charge in [-0.15, -0.1) is 0 Å². The number of nitrogens with zero attached hydrogens (tertiary/aromatic N) is 1. The van der Waals surface area contributed by atoms with Crippen LogP contribution >= 0.6 is 15.9 Å². The Hall–Kier alpha value is -1.16. The number of pyridine rings is 1. The molecule has 0 aromatic carbocycles. The standard InChI is InChI=1S/C10H10BrNO2/c1-7(6-10(13)14-2)8-4-3-5-9(11)12-8/h3-6H,1-2H3/b7-6+. The molecular weight excluding hydrogens is 246 g/mol. The lowest BCUT2D eigenvalue weighted by atomic mass is 10.2. The molecule has 0 spiro atoms. The summed E-state index contributed by atoms with van der Waals surface area (Å²) in [6, 6.07) is 5.52. The van der Waals surface area contributed by atoms with E-state index in [1.165, 1.54) is 13.2 Å². The fraction of sp³-hybridized carbons (Fsp3) is 0.200. The minimum absolute atomic E-state index is 0.371. The lowest BCUT2D eigenvalue weighted by Gasteiger charge is -2.00. The number of allylic oxidation sites excluding steroid dienone is 1. The first-order valence-corrected chi connectivity index (χ1v) is 4.82. The van der Waals surface area contributed by atoms with E-state index in [0.29, 0.717) is 0 Å². The maximum absolute atomic E-state index is 10.9. The van der Waals surface area contributed by atoms with Crippen LogP contribution in [0.25, 0.3) is 5.57 Å². The van der Waals surface area contributed by atoms with Crippen LogP contribution in [0.5, 0.6) is 0 Å². The van der Waals surface area contributed by atoms with Crippen LogP contribution in [-0.4, -0.2) is 18.1 Å². The van der Waals surface area contributed by atoms with Gasteiger partial charge in [-0.3, -0.25) is 0 Å². The van der Waals surface area contributed by atoms with E-state index in [2.05, 4.69) is 25.7 Å². The fourth-order valence-electron chi connectivity index (χ4n) is 0.938. The van der Waals surface area contributed by atoms with Crippen LogP contribution in [0.3, 0.4) is 0 Å². The Bertz CT molecular complexity index is 374. The van der Waals surface area contributed by atoms with Crippen molar-refractivity contribution in [2.75, 3.05) is 7.11 Å². The number of rotatable bonds is 2. The van der Waals surface area contributed by atoms with E-state index in [4.69, 9.17) is 0 Å². The van der Waals surface area contributed by atoms with Crippen molar-refractivity contribution in [1.29, 1.82) is 0 Å². The molecule has 1 aromatic rings. The monoisotopic (exact) mass is 255 g/mol. The Kier molecular flexibility index (Phi) is 3.83. The highest BCUT2D eigenvalue weighted by Crippen LogP contribution is 2.14. The second-order valence-electron chi connectivity index (χ2n) is 2.70. The quantitative estimate of drug-likeness (QED) is 0.463. The lowest BCUT2D eigenvalue weighted by Crippen LogP contribution is -1.96. The van der Waals surface area contributed by atoms with Crippen LogP contribution in [0.15, 0.2) is 28.9 Å². The molecule has 0 unspecified atom stereocenters. The molecule has 4 heteroatoms. The van der Waals surface area contributed by atoms with Gasteiger partial charge in [-0.2, -0.15) is 0 Å². The summed E-state index contributed by atoms with van der Waals surface area (Å²) in [5.41, 5.74) is 1.53. The molecule has 0 saturated heterocycles. The minimum Gasteiger partial charge on any atom is -0.466 e. The van der Waals surface area contributed by atoms with E-state index in [0.717, 1.165) is 15.9 Å². The molecule has 0 saturated carbocycles. The van der Waals surface area contributed by atoms with Gasteiger partial charge in [-0.1, -0.05) is 6.07 Å². The topological polar surface area (TPSA) is 39.2 Å². The van der Waals surface area contributed by atoms with Gasteiger partial charge in [-0.05, 0) is 40.6 Å². The second kappa shape index (κ2) is 4.91. The van der Waals surface area contributed by atoms with Crippen molar-refractivity contribution >= 4 is 27.5 Å². The summed E-state index contributed by atoms with van der Waals surface area (Å²) in [5, 5.41) is 0. The number of halogens is 1. The average Bonchev–Trinajstić information content (AvgIpc) is 2.17. The van der Waals surface area contributed by atoms with Crippen LogP contribution < -0.4 is 0 Å². The first-order chi connectivity index (χ1) is 6.63. The van der Waals surface area contributed by atoms with Crippen LogP contribution in [0.2, 0.25) is 0 Å². The van der Waals surface area contributed by atoms with Crippen molar-refractivity contribution in [2.45, 2.75) is 6.92 Å². The molecule has 0 bridgehead atoms. The van der Waals surface area contributed by atoms with E-state index in [9.17, 15) is 4.79 Å². The van der Waals surface area contributed by atoms with Crippen LogP contribution in [-0.2, 0) is 9.53 Å². The summed E-state index contributed by atoms with van der Waals surface area (Å²) < 4.78 is 5.26. The van der Waals surface area contributed by atoms with E-state index in [-0.39, 0.29) is 5.97 Å². The van der Waals surface area contributed by atoms with E-state index < -0.39 is 0 Å². The lowest BCUT2D eigenvalue weighted by molar-refractivity contribution is -0.134. The molecule has 0 fully saturated rings. The van der Waals surface area contributed by atoms with Crippen molar-refractivity contribution in [1.82, 2.24) is 4.98 Å². The molecule has 1 rings (SSSR count). The molecular formula is C10H10BrNO2. The third-order valence-electron chi connectivity index (χ3n) is 1.65. The van der Waals surface area contributed by atoms with Gasteiger partial charge in [0.2, 0.25) is 0 Å². The average molecular weight is 256 g/mol. The molecule has 0 aliphatic heterocycles. The van der Waals surface area contributed by atoms with Crippen LogP contribution in [0.4, 0.5) is 0 Å². The number of carbonyl (C=O) groups excluding carboxylic acids is 1. The number of esters is 1. The normalized spacial score (nSPS) is 11.2. The van der Waals surface area contributed by atoms with Crippen molar-refractivity contribution in [3.05, 3.63) is 34.6 Å². The SMILES string of the molecule is COC(=O)/C=C(\C)c1cccc(Br)n1. The highest BCUT2D eigenvalue weighted by atomic mass is 79.9. The second-order valence-corrected chi connectivity index (χ2v) is 3.51. The minimum atomic E-state index is -0.371. The van der Waals surface area contributed by atoms with Gasteiger partial charge in [0, 0.05) is 6.08 Å². The zero-order chi connectivity index (χ0) is 10.6. The summed E-state index contributed by atoms with van der Waals surface area (Å²) in [7, 11) is 1.35. The number of ether oxygens (including phenoxy) is 1. The van der Waals surface area contributed by atoms with Gasteiger partial charge < -0.3 is 4.74 Å². The van der Waals surface area contributed by atoms with Crippen LogP contribution in [0.1, 0.15) is 12.6 Å².